The van der Waals surface area contributed by atoms with Crippen molar-refractivity contribution in [3.8, 4) is 0 Å². The van der Waals surface area contributed by atoms with Crippen LogP contribution in [0.15, 0.2) is 60.7 Å². The van der Waals surface area contributed by atoms with Gasteiger partial charge in [0.1, 0.15) is 5.60 Å². The van der Waals surface area contributed by atoms with Gasteiger partial charge in [-0.3, -0.25) is 4.52 Å². The predicted molar refractivity (Wildman–Crippen MR) is 224 cm³/mol. The van der Waals surface area contributed by atoms with Crippen LogP contribution in [0.5, 0.6) is 0 Å². The lowest BCUT2D eigenvalue weighted by Gasteiger charge is -2.41. The second-order valence-corrected chi connectivity index (χ2v) is 16.0. The summed E-state index contributed by atoms with van der Waals surface area (Å²) in [6.45, 7) is 13.4. The van der Waals surface area contributed by atoms with Crippen LogP contribution in [-0.2, 0) is 23.7 Å². The van der Waals surface area contributed by atoms with Gasteiger partial charge in [-0.15, -0.1) is 0 Å². The van der Waals surface area contributed by atoms with Crippen LogP contribution in [0.2, 0.25) is 0 Å². The van der Waals surface area contributed by atoms with E-state index in [1.807, 2.05) is 60.7 Å². The number of rotatable bonds is 33. The van der Waals surface area contributed by atoms with E-state index in [2.05, 4.69) is 34.6 Å². The third kappa shape index (κ3) is 22.4. The summed E-state index contributed by atoms with van der Waals surface area (Å²) < 4.78 is 23.8. The molecule has 1 atom stereocenters. The second kappa shape index (κ2) is 34.5. The highest BCUT2D eigenvalue weighted by Crippen LogP contribution is 2.50. The third-order valence-electron chi connectivity index (χ3n) is 9.69. The Morgan fingerprint density at radius 3 is 1.15 bits per heavy atom. The Hall–Kier alpha value is -0.940. The van der Waals surface area contributed by atoms with Crippen LogP contribution in [0.25, 0.3) is 0 Å². The summed E-state index contributed by atoms with van der Waals surface area (Å²) in [5.41, 5.74) is 1.09. The number of unbranched alkanes of at least 4 members (excludes halogenated alkanes) is 16. The Kier molecular flexibility index (Phi) is 32.6. The molecule has 6 nitrogen and oxygen atoms in total. The largest absolute Gasteiger partial charge is 0.332 e. The molecule has 0 spiro atoms. The first-order valence-electron chi connectivity index (χ1n) is 21.2. The van der Waals surface area contributed by atoms with Gasteiger partial charge >= 0.3 is 17.2 Å². The Morgan fingerprint density at radius 2 is 0.827 bits per heavy atom. The minimum absolute atomic E-state index is 0.159. The summed E-state index contributed by atoms with van der Waals surface area (Å²) >= 11 is 0. The van der Waals surface area contributed by atoms with Gasteiger partial charge in [-0.05, 0) is 49.1 Å². The van der Waals surface area contributed by atoms with E-state index >= 15 is 0 Å². The fourth-order valence-corrected chi connectivity index (χ4v) is 8.32. The highest BCUT2D eigenvalue weighted by molar-refractivity contribution is 7.41. The van der Waals surface area contributed by atoms with Gasteiger partial charge in [0.15, 0.2) is 0 Å². The highest BCUT2D eigenvalue weighted by atomic mass is 31.2. The molecule has 8 heteroatoms. The average molecular weight is 765 g/mol. The maximum absolute atomic E-state index is 9.78. The summed E-state index contributed by atoms with van der Waals surface area (Å²) in [6.07, 6.45) is 27.3. The maximum Gasteiger partial charge on any atom is 0.332 e. The van der Waals surface area contributed by atoms with Gasteiger partial charge in [0.2, 0.25) is 0 Å². The molecule has 0 aromatic heterocycles. The van der Waals surface area contributed by atoms with E-state index < -0.39 is 22.8 Å². The van der Waals surface area contributed by atoms with Crippen molar-refractivity contribution in [2.75, 3.05) is 19.8 Å². The van der Waals surface area contributed by atoms with E-state index in [0.717, 1.165) is 75.9 Å². The van der Waals surface area contributed by atoms with Crippen molar-refractivity contribution in [2.24, 2.45) is 5.92 Å². The molecule has 2 aromatic carbocycles. The molecule has 0 fully saturated rings. The van der Waals surface area contributed by atoms with Crippen molar-refractivity contribution in [2.45, 2.75) is 181 Å². The lowest BCUT2D eigenvalue weighted by molar-refractivity contribution is 0.0239. The molecule has 0 saturated carbocycles. The zero-order chi connectivity index (χ0) is 38.0. The number of hydrogen-bond acceptors (Lipinski definition) is 6. The fourth-order valence-electron chi connectivity index (χ4n) is 6.64. The normalized spacial score (nSPS) is 12.3. The van der Waals surface area contributed by atoms with Crippen LogP contribution >= 0.6 is 17.2 Å². The summed E-state index contributed by atoms with van der Waals surface area (Å²) in [5.74, 6) is 0.159. The summed E-state index contributed by atoms with van der Waals surface area (Å²) in [6, 6.07) is 19.9. The minimum atomic E-state index is -2.49. The van der Waals surface area contributed by atoms with Crippen molar-refractivity contribution in [1.29, 1.82) is 0 Å². The Morgan fingerprint density at radius 1 is 0.481 bits per heavy atom. The molecule has 0 aliphatic heterocycles. The molecule has 0 saturated heterocycles. The van der Waals surface area contributed by atoms with Crippen molar-refractivity contribution in [1.82, 2.24) is 0 Å². The van der Waals surface area contributed by atoms with Gasteiger partial charge in [-0.2, -0.15) is 0 Å². The van der Waals surface area contributed by atoms with Crippen LogP contribution < -0.4 is 0 Å². The minimum Gasteiger partial charge on any atom is -0.328 e. The van der Waals surface area contributed by atoms with E-state index in [-0.39, 0.29) is 5.92 Å². The van der Waals surface area contributed by atoms with Gasteiger partial charge in [-0.25, -0.2) is 0 Å². The SMILES string of the molecule is CCCCC(CC)C(OP(O)O)(c1ccccc1)c1ccccc1.CCCCCCCCOP(OCCCCCCCC)OCCCCCCCC. The molecule has 2 aromatic rings. The van der Waals surface area contributed by atoms with Gasteiger partial charge in [0.25, 0.3) is 0 Å². The Bertz CT molecular complexity index is 930. The third-order valence-corrected chi connectivity index (χ3v) is 11.3. The van der Waals surface area contributed by atoms with E-state index in [0.29, 0.717) is 0 Å². The highest BCUT2D eigenvalue weighted by Gasteiger charge is 2.44. The number of hydrogen-bond donors (Lipinski definition) is 2. The lowest BCUT2D eigenvalue weighted by atomic mass is 9.73. The van der Waals surface area contributed by atoms with E-state index in [1.165, 1.54) is 96.3 Å². The zero-order valence-corrected chi connectivity index (χ0v) is 35.7. The van der Waals surface area contributed by atoms with Crippen LogP contribution in [0.3, 0.4) is 0 Å². The van der Waals surface area contributed by atoms with Crippen LogP contribution in [0, 0.1) is 5.92 Å². The molecule has 52 heavy (non-hydrogen) atoms. The van der Waals surface area contributed by atoms with E-state index in [1.54, 1.807) is 0 Å². The van der Waals surface area contributed by atoms with E-state index in [4.69, 9.17) is 18.1 Å². The Balaban J connectivity index is 0.000000525. The first kappa shape index (κ1) is 49.1. The Labute approximate surface area is 323 Å². The lowest BCUT2D eigenvalue weighted by Crippen LogP contribution is -2.38. The average Bonchev–Trinajstić information content (AvgIpc) is 3.17. The molecular weight excluding hydrogens is 686 g/mol. The zero-order valence-electron chi connectivity index (χ0n) is 34.0. The smallest absolute Gasteiger partial charge is 0.328 e. The van der Waals surface area contributed by atoms with Gasteiger partial charge in [0, 0.05) is 0 Å². The molecule has 0 heterocycles. The second-order valence-electron chi connectivity index (χ2n) is 14.1. The molecule has 0 amide bonds. The first-order valence-corrected chi connectivity index (χ1v) is 23.4. The standard InChI is InChI=1S/C24H51O3P.C20H27O3P/c1-4-7-10-13-16-19-22-25-28(26-23-20-17-14-11-8-5-2)27-24-21-18-15-12-9-6-3;1-3-5-12-17(4-2)20(23-24(21)22,18-13-8-6-9-14-18)19-15-10-7-11-16-19/h4-24H2,1-3H3;6-11,13-17,21-22H,3-5,12H2,1-2H3. The monoisotopic (exact) mass is 765 g/mol. The molecule has 0 radical (unpaired) electrons. The number of benzene rings is 2. The fraction of sp³-hybridized carbons (Fsp3) is 0.727. The molecule has 2 rings (SSSR count). The molecule has 0 aliphatic carbocycles. The van der Waals surface area contributed by atoms with Crippen molar-refractivity contribution in [3.63, 3.8) is 0 Å². The van der Waals surface area contributed by atoms with Gasteiger partial charge < -0.3 is 23.4 Å². The summed E-state index contributed by atoms with van der Waals surface area (Å²) in [5, 5.41) is 0. The van der Waals surface area contributed by atoms with Crippen LogP contribution in [0.4, 0.5) is 0 Å². The molecule has 0 bridgehead atoms. The predicted octanol–water partition coefficient (Wildman–Crippen LogP) is 14.7. The first-order chi connectivity index (χ1) is 25.5. The molecule has 0 aliphatic rings. The van der Waals surface area contributed by atoms with Gasteiger partial charge in [0.05, 0.1) is 19.8 Å². The van der Waals surface area contributed by atoms with Crippen molar-refractivity contribution >= 4 is 17.2 Å². The van der Waals surface area contributed by atoms with Crippen molar-refractivity contribution in [3.05, 3.63) is 71.8 Å². The molecule has 300 valence electrons. The molecular formula is C44H78O6P2. The maximum atomic E-state index is 9.78. The van der Waals surface area contributed by atoms with Crippen LogP contribution in [0.1, 0.15) is 187 Å². The van der Waals surface area contributed by atoms with Crippen LogP contribution in [-0.4, -0.2) is 29.6 Å². The topological polar surface area (TPSA) is 77.4 Å². The van der Waals surface area contributed by atoms with Gasteiger partial charge in [-0.1, -0.05) is 204 Å². The molecule has 2 N–H and O–H groups in total. The summed E-state index contributed by atoms with van der Waals surface area (Å²) in [4.78, 5) is 19.6. The van der Waals surface area contributed by atoms with E-state index in [9.17, 15) is 9.79 Å². The molecule has 1 unspecified atom stereocenters. The quantitative estimate of drug-likeness (QED) is 0.0557. The van der Waals surface area contributed by atoms with Crippen molar-refractivity contribution < 1.29 is 27.9 Å². The summed E-state index contributed by atoms with van der Waals surface area (Å²) in [7, 11) is -3.63.